The molecule has 0 saturated heterocycles. The molecule has 66 valence electrons. The first-order valence-corrected chi connectivity index (χ1v) is 3.14. The molecule has 0 bridgehead atoms. The summed E-state index contributed by atoms with van der Waals surface area (Å²) >= 11 is 0. The first kappa shape index (κ1) is 8.96. The molecule has 0 aromatic carbocycles. The molecule has 1 aromatic heterocycles. The van der Waals surface area contributed by atoms with Crippen molar-refractivity contribution in [1.29, 1.82) is 0 Å². The van der Waals surface area contributed by atoms with Crippen LogP contribution >= 0.6 is 0 Å². The Morgan fingerprint density at radius 1 is 1.42 bits per heavy atom. The van der Waals surface area contributed by atoms with Crippen molar-refractivity contribution in [3.8, 4) is 0 Å². The van der Waals surface area contributed by atoms with Crippen molar-refractivity contribution < 1.29 is 17.6 Å². The van der Waals surface area contributed by atoms with Gasteiger partial charge in [-0.3, -0.25) is 0 Å². The van der Waals surface area contributed by atoms with Crippen molar-refractivity contribution in [2.75, 3.05) is 0 Å². The number of halogens is 4. The summed E-state index contributed by atoms with van der Waals surface area (Å²) in [6.07, 6.45) is -1.98. The highest BCUT2D eigenvalue weighted by Gasteiger charge is 2.16. The van der Waals surface area contributed by atoms with Crippen LogP contribution in [-0.4, -0.2) is 4.98 Å². The highest BCUT2D eigenvalue weighted by Crippen LogP contribution is 2.24. The standard InChI is InChI=1S/C7H5F4N/c8-3-5-4(6(9)10)1-2-12-7(5)11/h1-2,6H,3H2. The van der Waals surface area contributed by atoms with Gasteiger partial charge in [-0.15, -0.1) is 0 Å². The predicted octanol–water partition coefficient (Wildman–Crippen LogP) is 2.63. The molecule has 0 atom stereocenters. The summed E-state index contributed by atoms with van der Waals surface area (Å²) in [4.78, 5) is 3.05. The Morgan fingerprint density at radius 2 is 2.08 bits per heavy atom. The fourth-order valence-corrected chi connectivity index (χ4v) is 0.817. The highest BCUT2D eigenvalue weighted by molar-refractivity contribution is 5.24. The maximum Gasteiger partial charge on any atom is 0.264 e. The maximum absolute atomic E-state index is 12.5. The van der Waals surface area contributed by atoms with E-state index in [1.807, 2.05) is 0 Å². The summed E-state index contributed by atoms with van der Waals surface area (Å²) in [5, 5.41) is 0. The normalized spacial score (nSPS) is 10.8. The van der Waals surface area contributed by atoms with E-state index in [0.29, 0.717) is 0 Å². The first-order chi connectivity index (χ1) is 5.66. The highest BCUT2D eigenvalue weighted by atomic mass is 19.3. The summed E-state index contributed by atoms with van der Waals surface area (Å²) < 4.78 is 48.6. The van der Waals surface area contributed by atoms with Crippen LogP contribution in [0.4, 0.5) is 17.6 Å². The van der Waals surface area contributed by atoms with Crippen LogP contribution in [0.25, 0.3) is 0 Å². The van der Waals surface area contributed by atoms with E-state index in [2.05, 4.69) is 4.98 Å². The maximum atomic E-state index is 12.5. The second-order valence-electron chi connectivity index (χ2n) is 2.10. The molecule has 0 saturated carbocycles. The van der Waals surface area contributed by atoms with Crippen LogP contribution in [0.2, 0.25) is 0 Å². The number of hydrogen-bond acceptors (Lipinski definition) is 1. The lowest BCUT2D eigenvalue weighted by Gasteiger charge is -2.04. The molecular formula is C7H5F4N. The van der Waals surface area contributed by atoms with Gasteiger partial charge in [-0.2, -0.15) is 4.39 Å². The molecule has 1 nitrogen and oxygen atoms in total. The number of rotatable bonds is 2. The molecular weight excluding hydrogens is 174 g/mol. The summed E-state index contributed by atoms with van der Waals surface area (Å²) in [5.74, 6) is -1.17. The van der Waals surface area contributed by atoms with E-state index in [9.17, 15) is 17.6 Å². The summed E-state index contributed by atoms with van der Waals surface area (Å²) in [7, 11) is 0. The molecule has 1 rings (SSSR count). The third-order valence-corrected chi connectivity index (χ3v) is 1.41. The van der Waals surface area contributed by atoms with E-state index in [0.717, 1.165) is 12.3 Å². The van der Waals surface area contributed by atoms with Crippen LogP contribution in [0.5, 0.6) is 0 Å². The predicted molar refractivity (Wildman–Crippen MR) is 34.0 cm³/mol. The van der Waals surface area contributed by atoms with Crippen LogP contribution in [0.1, 0.15) is 17.6 Å². The van der Waals surface area contributed by atoms with Gasteiger partial charge in [0, 0.05) is 17.3 Å². The largest absolute Gasteiger partial charge is 0.264 e. The molecule has 1 heterocycles. The fourth-order valence-electron chi connectivity index (χ4n) is 0.817. The topological polar surface area (TPSA) is 12.9 Å². The Balaban J connectivity index is 3.18. The number of aromatic nitrogens is 1. The van der Waals surface area contributed by atoms with Crippen molar-refractivity contribution in [2.45, 2.75) is 13.1 Å². The van der Waals surface area contributed by atoms with E-state index >= 15 is 0 Å². The third-order valence-electron chi connectivity index (χ3n) is 1.41. The number of pyridine rings is 1. The molecule has 0 unspecified atom stereocenters. The Labute approximate surface area is 66.0 Å². The molecule has 0 aliphatic rings. The van der Waals surface area contributed by atoms with Crippen LogP contribution in [0, 0.1) is 5.95 Å². The van der Waals surface area contributed by atoms with Crippen molar-refractivity contribution >= 4 is 0 Å². The Morgan fingerprint density at radius 3 is 2.50 bits per heavy atom. The second kappa shape index (κ2) is 3.51. The molecule has 5 heteroatoms. The van der Waals surface area contributed by atoms with Gasteiger partial charge in [-0.25, -0.2) is 18.2 Å². The number of nitrogens with zero attached hydrogens (tertiary/aromatic N) is 1. The van der Waals surface area contributed by atoms with Crippen molar-refractivity contribution in [1.82, 2.24) is 4.98 Å². The molecule has 0 fully saturated rings. The molecule has 0 spiro atoms. The van der Waals surface area contributed by atoms with Gasteiger partial charge in [0.1, 0.15) is 6.67 Å². The Hall–Kier alpha value is -1.13. The Kier molecular flexibility index (Phi) is 2.62. The van der Waals surface area contributed by atoms with Crippen LogP contribution < -0.4 is 0 Å². The zero-order chi connectivity index (χ0) is 9.14. The zero-order valence-corrected chi connectivity index (χ0v) is 5.90. The minimum atomic E-state index is -2.87. The average molecular weight is 179 g/mol. The molecule has 0 aliphatic heterocycles. The van der Waals surface area contributed by atoms with Gasteiger partial charge in [0.25, 0.3) is 6.43 Å². The minimum absolute atomic E-state index is 0.634. The van der Waals surface area contributed by atoms with E-state index < -0.39 is 30.2 Å². The van der Waals surface area contributed by atoms with Gasteiger partial charge in [0.15, 0.2) is 0 Å². The van der Waals surface area contributed by atoms with Crippen molar-refractivity contribution in [3.05, 3.63) is 29.3 Å². The zero-order valence-electron chi connectivity index (χ0n) is 5.90. The van der Waals surface area contributed by atoms with Gasteiger partial charge in [0.2, 0.25) is 5.95 Å². The van der Waals surface area contributed by atoms with Crippen LogP contribution in [-0.2, 0) is 6.67 Å². The van der Waals surface area contributed by atoms with E-state index in [1.54, 1.807) is 0 Å². The number of hydrogen-bond donors (Lipinski definition) is 0. The molecule has 12 heavy (non-hydrogen) atoms. The smallest absolute Gasteiger partial charge is 0.246 e. The molecule has 0 amide bonds. The summed E-state index contributed by atoms with van der Waals surface area (Å²) in [6, 6.07) is 0.905. The van der Waals surface area contributed by atoms with E-state index in [4.69, 9.17) is 0 Å². The van der Waals surface area contributed by atoms with Crippen molar-refractivity contribution in [3.63, 3.8) is 0 Å². The quantitative estimate of drug-likeness (QED) is 0.502. The van der Waals surface area contributed by atoms with Crippen LogP contribution in [0.3, 0.4) is 0 Å². The lowest BCUT2D eigenvalue weighted by Crippen LogP contribution is -1.98. The molecule has 1 aromatic rings. The summed E-state index contributed by atoms with van der Waals surface area (Å²) in [6.45, 7) is -1.26. The van der Waals surface area contributed by atoms with E-state index in [-0.39, 0.29) is 0 Å². The SMILES string of the molecule is FCc1c(C(F)F)ccnc1F. The monoisotopic (exact) mass is 179 g/mol. The number of alkyl halides is 3. The molecule has 0 radical (unpaired) electrons. The first-order valence-electron chi connectivity index (χ1n) is 3.14. The fraction of sp³-hybridized carbons (Fsp3) is 0.286. The average Bonchev–Trinajstić information content (AvgIpc) is 2.03. The van der Waals surface area contributed by atoms with Gasteiger partial charge < -0.3 is 0 Å². The summed E-state index contributed by atoms with van der Waals surface area (Å²) in [5.41, 5.74) is -1.29. The second-order valence-corrected chi connectivity index (χ2v) is 2.10. The van der Waals surface area contributed by atoms with Crippen molar-refractivity contribution in [2.24, 2.45) is 0 Å². The van der Waals surface area contributed by atoms with Crippen LogP contribution in [0.15, 0.2) is 12.3 Å². The molecule has 0 aliphatic carbocycles. The van der Waals surface area contributed by atoms with Gasteiger partial charge >= 0.3 is 0 Å². The third kappa shape index (κ3) is 1.54. The lowest BCUT2D eigenvalue weighted by atomic mass is 10.1. The lowest BCUT2D eigenvalue weighted by molar-refractivity contribution is 0.148. The minimum Gasteiger partial charge on any atom is -0.246 e. The van der Waals surface area contributed by atoms with E-state index in [1.165, 1.54) is 0 Å². The van der Waals surface area contributed by atoms with Gasteiger partial charge in [0.05, 0.1) is 0 Å². The Bertz CT molecular complexity index is 274. The molecule has 0 N–H and O–H groups in total. The van der Waals surface area contributed by atoms with Gasteiger partial charge in [-0.1, -0.05) is 0 Å². The van der Waals surface area contributed by atoms with Gasteiger partial charge in [-0.05, 0) is 6.07 Å².